The highest BCUT2D eigenvalue weighted by Gasteiger charge is 2.18. The average molecular weight is 290 g/mol. The SMILES string of the molecule is COc1ccc(C(=O)c2c(F)cccc2Cl)cc1C#N. The molecule has 0 aliphatic heterocycles. The van der Waals surface area contributed by atoms with Crippen molar-refractivity contribution in [3.8, 4) is 11.8 Å². The number of hydrogen-bond donors (Lipinski definition) is 0. The van der Waals surface area contributed by atoms with Crippen LogP contribution in [0, 0.1) is 17.1 Å². The van der Waals surface area contributed by atoms with Crippen LogP contribution < -0.4 is 4.74 Å². The number of nitrogens with zero attached hydrogens (tertiary/aromatic N) is 1. The van der Waals surface area contributed by atoms with Gasteiger partial charge in [0.2, 0.25) is 0 Å². The number of ketones is 1. The first-order valence-electron chi connectivity index (χ1n) is 5.65. The van der Waals surface area contributed by atoms with Gasteiger partial charge in [-0.05, 0) is 30.3 Å². The highest BCUT2D eigenvalue weighted by atomic mass is 35.5. The van der Waals surface area contributed by atoms with Gasteiger partial charge in [0, 0.05) is 5.56 Å². The van der Waals surface area contributed by atoms with Crippen LogP contribution in [0.3, 0.4) is 0 Å². The van der Waals surface area contributed by atoms with Gasteiger partial charge in [0.1, 0.15) is 17.6 Å². The molecule has 2 aromatic carbocycles. The zero-order chi connectivity index (χ0) is 14.7. The molecule has 0 aliphatic carbocycles. The Morgan fingerprint density at radius 3 is 2.70 bits per heavy atom. The largest absolute Gasteiger partial charge is 0.495 e. The van der Waals surface area contributed by atoms with Crippen molar-refractivity contribution in [2.75, 3.05) is 7.11 Å². The Balaban J connectivity index is 2.52. The van der Waals surface area contributed by atoms with E-state index in [-0.39, 0.29) is 21.7 Å². The summed E-state index contributed by atoms with van der Waals surface area (Å²) < 4.78 is 18.7. The monoisotopic (exact) mass is 289 g/mol. The van der Waals surface area contributed by atoms with E-state index in [1.807, 2.05) is 6.07 Å². The zero-order valence-corrected chi connectivity index (χ0v) is 11.2. The Hall–Kier alpha value is -2.38. The van der Waals surface area contributed by atoms with Gasteiger partial charge in [-0.1, -0.05) is 17.7 Å². The van der Waals surface area contributed by atoms with Gasteiger partial charge in [-0.2, -0.15) is 5.26 Å². The van der Waals surface area contributed by atoms with Gasteiger partial charge in [-0.15, -0.1) is 0 Å². The Morgan fingerprint density at radius 2 is 2.10 bits per heavy atom. The van der Waals surface area contributed by atoms with Gasteiger partial charge in [0.25, 0.3) is 0 Å². The molecule has 2 rings (SSSR count). The molecule has 0 saturated heterocycles. The molecule has 3 nitrogen and oxygen atoms in total. The molecule has 0 unspecified atom stereocenters. The average Bonchev–Trinajstić information content (AvgIpc) is 2.46. The quantitative estimate of drug-likeness (QED) is 0.811. The van der Waals surface area contributed by atoms with Crippen LogP contribution >= 0.6 is 11.6 Å². The lowest BCUT2D eigenvalue weighted by atomic mass is 10.0. The molecule has 20 heavy (non-hydrogen) atoms. The van der Waals surface area contributed by atoms with Crippen molar-refractivity contribution in [2.45, 2.75) is 0 Å². The molecule has 0 spiro atoms. The molecule has 0 saturated carbocycles. The predicted molar refractivity (Wildman–Crippen MR) is 72.6 cm³/mol. The van der Waals surface area contributed by atoms with Crippen LogP contribution in [-0.2, 0) is 0 Å². The molecule has 0 aromatic heterocycles. The van der Waals surface area contributed by atoms with Crippen molar-refractivity contribution < 1.29 is 13.9 Å². The Morgan fingerprint density at radius 1 is 1.35 bits per heavy atom. The van der Waals surface area contributed by atoms with Crippen LogP contribution in [0.2, 0.25) is 5.02 Å². The van der Waals surface area contributed by atoms with Gasteiger partial charge in [0.15, 0.2) is 5.78 Å². The van der Waals surface area contributed by atoms with Crippen molar-refractivity contribution in [3.05, 3.63) is 63.9 Å². The van der Waals surface area contributed by atoms with E-state index in [1.165, 1.54) is 37.4 Å². The van der Waals surface area contributed by atoms with E-state index in [4.69, 9.17) is 21.6 Å². The molecule has 0 atom stereocenters. The number of ether oxygens (including phenoxy) is 1. The molecule has 5 heteroatoms. The van der Waals surface area contributed by atoms with Crippen molar-refractivity contribution in [1.82, 2.24) is 0 Å². The molecule has 100 valence electrons. The number of benzene rings is 2. The number of hydrogen-bond acceptors (Lipinski definition) is 3. The number of carbonyl (C=O) groups is 1. The first kappa shape index (κ1) is 14.0. The van der Waals surface area contributed by atoms with Crippen LogP contribution in [0.15, 0.2) is 36.4 Å². The maximum atomic E-state index is 13.7. The first-order valence-corrected chi connectivity index (χ1v) is 6.03. The minimum Gasteiger partial charge on any atom is -0.495 e. The van der Waals surface area contributed by atoms with E-state index in [0.29, 0.717) is 5.75 Å². The van der Waals surface area contributed by atoms with E-state index >= 15 is 0 Å². The molecule has 0 amide bonds. The number of halogens is 2. The second-order valence-corrected chi connectivity index (χ2v) is 4.36. The summed E-state index contributed by atoms with van der Waals surface area (Å²) in [7, 11) is 1.42. The summed E-state index contributed by atoms with van der Waals surface area (Å²) in [6, 6.07) is 10.2. The summed E-state index contributed by atoms with van der Waals surface area (Å²) in [5.41, 5.74) is 0.170. The second-order valence-electron chi connectivity index (χ2n) is 3.95. The van der Waals surface area contributed by atoms with Crippen molar-refractivity contribution in [2.24, 2.45) is 0 Å². The number of carbonyl (C=O) groups excluding carboxylic acids is 1. The molecule has 0 N–H and O–H groups in total. The van der Waals surface area contributed by atoms with Crippen LogP contribution in [0.5, 0.6) is 5.75 Å². The minimum atomic E-state index is -0.697. The normalized spacial score (nSPS) is 9.90. The Labute approximate surface area is 120 Å². The highest BCUT2D eigenvalue weighted by molar-refractivity contribution is 6.35. The number of nitriles is 1. The van der Waals surface area contributed by atoms with Crippen LogP contribution in [0.4, 0.5) is 4.39 Å². The molecule has 0 bridgehead atoms. The summed E-state index contributed by atoms with van der Waals surface area (Å²) in [5, 5.41) is 9.03. The van der Waals surface area contributed by atoms with Gasteiger partial charge in [-0.3, -0.25) is 4.79 Å². The predicted octanol–water partition coefficient (Wildman–Crippen LogP) is 3.59. The lowest BCUT2D eigenvalue weighted by Gasteiger charge is -2.07. The molecule has 0 aliphatic rings. The van der Waals surface area contributed by atoms with Gasteiger partial charge < -0.3 is 4.74 Å². The standard InChI is InChI=1S/C15H9ClFNO2/c1-20-13-6-5-9(7-10(13)8-18)15(19)14-11(16)3-2-4-12(14)17/h2-7H,1H3. The van der Waals surface area contributed by atoms with Crippen LogP contribution in [-0.4, -0.2) is 12.9 Å². The third kappa shape index (κ3) is 2.49. The smallest absolute Gasteiger partial charge is 0.197 e. The van der Waals surface area contributed by atoms with Crippen molar-refractivity contribution >= 4 is 17.4 Å². The van der Waals surface area contributed by atoms with E-state index < -0.39 is 11.6 Å². The van der Waals surface area contributed by atoms with E-state index in [0.717, 1.165) is 6.07 Å². The third-order valence-electron chi connectivity index (χ3n) is 2.77. The van der Waals surface area contributed by atoms with Gasteiger partial charge >= 0.3 is 0 Å². The summed E-state index contributed by atoms with van der Waals surface area (Å²) in [5.74, 6) is -0.923. The summed E-state index contributed by atoms with van der Waals surface area (Å²) in [6.45, 7) is 0. The van der Waals surface area contributed by atoms with Gasteiger partial charge in [0.05, 0.1) is 23.3 Å². The number of methoxy groups -OCH3 is 1. The molecule has 0 radical (unpaired) electrons. The van der Waals surface area contributed by atoms with E-state index in [1.54, 1.807) is 0 Å². The molecular weight excluding hydrogens is 281 g/mol. The molecule has 2 aromatic rings. The third-order valence-corrected chi connectivity index (χ3v) is 3.09. The molecule has 0 heterocycles. The fourth-order valence-corrected chi connectivity index (χ4v) is 2.04. The lowest BCUT2D eigenvalue weighted by Crippen LogP contribution is -2.06. The summed E-state index contributed by atoms with van der Waals surface area (Å²) >= 11 is 5.86. The highest BCUT2D eigenvalue weighted by Crippen LogP contribution is 2.25. The fourth-order valence-electron chi connectivity index (χ4n) is 1.80. The topological polar surface area (TPSA) is 50.1 Å². The van der Waals surface area contributed by atoms with Crippen molar-refractivity contribution in [1.29, 1.82) is 5.26 Å². The van der Waals surface area contributed by atoms with E-state index in [2.05, 4.69) is 0 Å². The Bertz CT molecular complexity index is 702. The maximum Gasteiger partial charge on any atom is 0.197 e. The summed E-state index contributed by atoms with van der Waals surface area (Å²) in [6.07, 6.45) is 0. The molecular formula is C15H9ClFNO2. The molecule has 0 fully saturated rings. The van der Waals surface area contributed by atoms with Crippen molar-refractivity contribution in [3.63, 3.8) is 0 Å². The second kappa shape index (κ2) is 5.72. The minimum absolute atomic E-state index is 0.0318. The zero-order valence-electron chi connectivity index (χ0n) is 10.5. The fraction of sp³-hybridized carbons (Fsp3) is 0.0667. The summed E-state index contributed by atoms with van der Waals surface area (Å²) in [4.78, 5) is 12.3. The Kier molecular flexibility index (Phi) is 4.02. The van der Waals surface area contributed by atoms with E-state index in [9.17, 15) is 9.18 Å². The maximum absolute atomic E-state index is 13.7. The number of rotatable bonds is 3. The van der Waals surface area contributed by atoms with Crippen LogP contribution in [0.1, 0.15) is 21.5 Å². The lowest BCUT2D eigenvalue weighted by molar-refractivity contribution is 0.103. The van der Waals surface area contributed by atoms with Crippen LogP contribution in [0.25, 0.3) is 0 Å². The first-order chi connectivity index (χ1) is 9.58. The van der Waals surface area contributed by atoms with Gasteiger partial charge in [-0.25, -0.2) is 4.39 Å².